The Hall–Kier alpha value is -0.530. The first-order valence-corrected chi connectivity index (χ1v) is 7.63. The zero-order valence-electron chi connectivity index (χ0n) is 12.5. The summed E-state index contributed by atoms with van der Waals surface area (Å²) in [6.45, 7) is 8.00. The highest BCUT2D eigenvalue weighted by atomic mass is 16.2. The summed E-state index contributed by atoms with van der Waals surface area (Å²) in [5.41, 5.74) is 0.411. The summed E-state index contributed by atoms with van der Waals surface area (Å²) in [5.74, 6) is 2.33. The number of nitrogens with zero attached hydrogens (tertiary/aromatic N) is 1. The molecule has 0 bridgehead atoms. The second kappa shape index (κ2) is 5.22. The number of rotatable bonds is 3. The van der Waals surface area contributed by atoms with Crippen molar-refractivity contribution in [1.82, 2.24) is 4.90 Å². The number of carbonyl (C=O) groups is 1. The Morgan fingerprint density at radius 1 is 1.06 bits per heavy atom. The highest BCUT2D eigenvalue weighted by Gasteiger charge is 2.34. The summed E-state index contributed by atoms with van der Waals surface area (Å²) in [4.78, 5) is 14.3. The van der Waals surface area contributed by atoms with Crippen molar-refractivity contribution in [3.63, 3.8) is 0 Å². The number of hydrogen-bond donors (Lipinski definition) is 0. The Balaban J connectivity index is 1.79. The van der Waals surface area contributed by atoms with Crippen LogP contribution in [0.3, 0.4) is 0 Å². The zero-order valence-corrected chi connectivity index (χ0v) is 12.5. The SMILES string of the molecule is CN(CC1CC1)C(=O)C1CCC(C(C)(C)C)CC1. The van der Waals surface area contributed by atoms with E-state index in [2.05, 4.69) is 20.8 Å². The van der Waals surface area contributed by atoms with Crippen molar-refractivity contribution in [1.29, 1.82) is 0 Å². The van der Waals surface area contributed by atoms with Crippen molar-refractivity contribution in [2.24, 2.45) is 23.2 Å². The number of carbonyl (C=O) groups excluding carboxylic acids is 1. The molecule has 0 spiro atoms. The predicted octanol–water partition coefficient (Wildman–Crippen LogP) is 3.71. The molecular formula is C16H29NO. The standard InChI is InChI=1S/C16H29NO/c1-16(2,3)14-9-7-13(8-10-14)15(18)17(4)11-12-5-6-12/h12-14H,5-11H2,1-4H3. The second-order valence-electron chi connectivity index (χ2n) is 7.58. The minimum absolute atomic E-state index is 0.312. The van der Waals surface area contributed by atoms with E-state index in [4.69, 9.17) is 0 Å². The molecule has 104 valence electrons. The lowest BCUT2D eigenvalue weighted by Crippen LogP contribution is -2.37. The van der Waals surface area contributed by atoms with Gasteiger partial charge in [-0.1, -0.05) is 20.8 Å². The van der Waals surface area contributed by atoms with Gasteiger partial charge in [-0.3, -0.25) is 4.79 Å². The normalized spacial score (nSPS) is 29.1. The molecule has 2 aliphatic rings. The lowest BCUT2D eigenvalue weighted by atomic mass is 9.69. The molecule has 2 aliphatic carbocycles. The minimum atomic E-state index is 0.312. The van der Waals surface area contributed by atoms with Gasteiger partial charge in [0, 0.05) is 19.5 Å². The van der Waals surface area contributed by atoms with E-state index < -0.39 is 0 Å². The van der Waals surface area contributed by atoms with Gasteiger partial charge >= 0.3 is 0 Å². The molecule has 2 heteroatoms. The predicted molar refractivity (Wildman–Crippen MR) is 75.3 cm³/mol. The largest absolute Gasteiger partial charge is 0.345 e. The second-order valence-corrected chi connectivity index (χ2v) is 7.58. The Kier molecular flexibility index (Phi) is 4.03. The fourth-order valence-electron chi connectivity index (χ4n) is 3.30. The third-order valence-corrected chi connectivity index (χ3v) is 4.91. The quantitative estimate of drug-likeness (QED) is 0.749. The number of amides is 1. The molecular weight excluding hydrogens is 222 g/mol. The summed E-state index contributed by atoms with van der Waals surface area (Å²) >= 11 is 0. The van der Waals surface area contributed by atoms with Gasteiger partial charge in [0.15, 0.2) is 0 Å². The summed E-state index contributed by atoms with van der Waals surface area (Å²) in [5, 5.41) is 0. The molecule has 0 radical (unpaired) electrons. The smallest absolute Gasteiger partial charge is 0.225 e. The Labute approximate surface area is 112 Å². The van der Waals surface area contributed by atoms with Gasteiger partial charge in [0.2, 0.25) is 5.91 Å². The average Bonchev–Trinajstić information content (AvgIpc) is 3.11. The van der Waals surface area contributed by atoms with E-state index in [0.29, 0.717) is 17.2 Å². The van der Waals surface area contributed by atoms with Crippen molar-refractivity contribution in [2.75, 3.05) is 13.6 Å². The van der Waals surface area contributed by atoms with Crippen molar-refractivity contribution >= 4 is 5.91 Å². The topological polar surface area (TPSA) is 20.3 Å². The third kappa shape index (κ3) is 3.49. The van der Waals surface area contributed by atoms with E-state index in [0.717, 1.165) is 31.2 Å². The molecule has 1 amide bonds. The molecule has 18 heavy (non-hydrogen) atoms. The van der Waals surface area contributed by atoms with Gasteiger partial charge in [0.1, 0.15) is 0 Å². The molecule has 2 saturated carbocycles. The minimum Gasteiger partial charge on any atom is -0.345 e. The fourth-order valence-corrected chi connectivity index (χ4v) is 3.30. The molecule has 0 saturated heterocycles. The molecule has 0 N–H and O–H groups in total. The Morgan fingerprint density at radius 3 is 2.06 bits per heavy atom. The van der Waals surface area contributed by atoms with Crippen molar-refractivity contribution in [3.05, 3.63) is 0 Å². The third-order valence-electron chi connectivity index (χ3n) is 4.91. The van der Waals surface area contributed by atoms with Gasteiger partial charge < -0.3 is 4.90 Å². The van der Waals surface area contributed by atoms with E-state index >= 15 is 0 Å². The van der Waals surface area contributed by atoms with Crippen LogP contribution in [-0.2, 0) is 4.79 Å². The molecule has 0 heterocycles. The highest BCUT2D eigenvalue weighted by Crippen LogP contribution is 2.40. The first-order valence-electron chi connectivity index (χ1n) is 7.63. The van der Waals surface area contributed by atoms with Crippen molar-refractivity contribution < 1.29 is 4.79 Å². The van der Waals surface area contributed by atoms with Crippen molar-refractivity contribution in [3.8, 4) is 0 Å². The van der Waals surface area contributed by atoms with Crippen LogP contribution in [0.25, 0.3) is 0 Å². The van der Waals surface area contributed by atoms with Gasteiger partial charge in [0.25, 0.3) is 0 Å². The van der Waals surface area contributed by atoms with Gasteiger partial charge in [0.05, 0.1) is 0 Å². The molecule has 0 unspecified atom stereocenters. The zero-order chi connectivity index (χ0) is 13.3. The van der Waals surface area contributed by atoms with E-state index in [9.17, 15) is 4.79 Å². The van der Waals surface area contributed by atoms with Gasteiger partial charge in [-0.05, 0) is 55.8 Å². The average molecular weight is 251 g/mol. The molecule has 0 aromatic carbocycles. The molecule has 2 nitrogen and oxygen atoms in total. The van der Waals surface area contributed by atoms with Gasteiger partial charge in [-0.2, -0.15) is 0 Å². The van der Waals surface area contributed by atoms with Crippen molar-refractivity contribution in [2.45, 2.75) is 59.3 Å². The molecule has 2 rings (SSSR count). The molecule has 0 aromatic heterocycles. The number of hydrogen-bond acceptors (Lipinski definition) is 1. The Morgan fingerprint density at radius 2 is 1.61 bits per heavy atom. The summed E-state index contributed by atoms with van der Waals surface area (Å²) < 4.78 is 0. The maximum absolute atomic E-state index is 12.3. The van der Waals surface area contributed by atoms with Crippen LogP contribution in [-0.4, -0.2) is 24.4 Å². The summed E-state index contributed by atoms with van der Waals surface area (Å²) in [6.07, 6.45) is 7.34. The molecule has 0 aliphatic heterocycles. The van der Waals surface area contributed by atoms with Crippen LogP contribution in [0.2, 0.25) is 0 Å². The van der Waals surface area contributed by atoms with Crippen LogP contribution in [0.5, 0.6) is 0 Å². The maximum atomic E-state index is 12.3. The van der Waals surface area contributed by atoms with E-state index in [1.807, 2.05) is 11.9 Å². The van der Waals surface area contributed by atoms with E-state index in [-0.39, 0.29) is 0 Å². The first kappa shape index (κ1) is 13.9. The van der Waals surface area contributed by atoms with Crippen LogP contribution < -0.4 is 0 Å². The van der Waals surface area contributed by atoms with E-state index in [1.54, 1.807) is 0 Å². The van der Waals surface area contributed by atoms with E-state index in [1.165, 1.54) is 25.7 Å². The fraction of sp³-hybridized carbons (Fsp3) is 0.938. The lowest BCUT2D eigenvalue weighted by Gasteiger charge is -2.37. The van der Waals surface area contributed by atoms with Gasteiger partial charge in [-0.25, -0.2) is 0 Å². The molecule has 0 aromatic rings. The Bertz CT molecular complexity index is 293. The van der Waals surface area contributed by atoms with Crippen LogP contribution in [0.1, 0.15) is 59.3 Å². The van der Waals surface area contributed by atoms with Gasteiger partial charge in [-0.15, -0.1) is 0 Å². The van der Waals surface area contributed by atoms with Crippen LogP contribution in [0, 0.1) is 23.2 Å². The van der Waals surface area contributed by atoms with Crippen LogP contribution in [0.4, 0.5) is 0 Å². The molecule has 2 fully saturated rings. The van der Waals surface area contributed by atoms with Crippen LogP contribution in [0.15, 0.2) is 0 Å². The first-order chi connectivity index (χ1) is 8.38. The monoisotopic (exact) mass is 251 g/mol. The molecule has 0 atom stereocenters. The summed E-state index contributed by atoms with van der Waals surface area (Å²) in [7, 11) is 2.00. The summed E-state index contributed by atoms with van der Waals surface area (Å²) in [6, 6.07) is 0. The highest BCUT2D eigenvalue weighted by molar-refractivity contribution is 5.78. The van der Waals surface area contributed by atoms with Crippen LogP contribution >= 0.6 is 0 Å². The lowest BCUT2D eigenvalue weighted by molar-refractivity contribution is -0.136. The maximum Gasteiger partial charge on any atom is 0.225 e.